The van der Waals surface area contributed by atoms with Crippen molar-refractivity contribution in [2.45, 2.75) is 38.2 Å². The summed E-state index contributed by atoms with van der Waals surface area (Å²) in [5.41, 5.74) is -0.603. The number of carboxylic acids is 1. The Morgan fingerprint density at radius 3 is 2.50 bits per heavy atom. The van der Waals surface area contributed by atoms with E-state index in [0.717, 1.165) is 13.1 Å². The molecule has 104 valence electrons. The molecule has 1 amide bonds. The maximum atomic E-state index is 11.6. The van der Waals surface area contributed by atoms with Crippen molar-refractivity contribution in [1.82, 2.24) is 10.2 Å². The lowest BCUT2D eigenvalue weighted by atomic mass is 9.94. The number of piperidine rings is 1. The molecule has 6 heteroatoms. The van der Waals surface area contributed by atoms with Crippen molar-refractivity contribution >= 4 is 11.9 Å². The first kappa shape index (κ1) is 14.9. The van der Waals surface area contributed by atoms with Crippen LogP contribution in [0.2, 0.25) is 0 Å². The van der Waals surface area contributed by atoms with E-state index in [1.54, 1.807) is 0 Å². The van der Waals surface area contributed by atoms with E-state index in [9.17, 15) is 14.7 Å². The molecule has 0 aromatic carbocycles. The van der Waals surface area contributed by atoms with Gasteiger partial charge in [0.05, 0.1) is 12.1 Å². The molecule has 1 aliphatic heterocycles. The van der Waals surface area contributed by atoms with Crippen LogP contribution in [0, 0.1) is 0 Å². The third-order valence-electron chi connectivity index (χ3n) is 3.19. The Morgan fingerprint density at radius 1 is 1.33 bits per heavy atom. The van der Waals surface area contributed by atoms with E-state index < -0.39 is 11.6 Å². The van der Waals surface area contributed by atoms with E-state index in [-0.39, 0.29) is 12.3 Å². The largest absolute Gasteiger partial charge is 0.481 e. The second kappa shape index (κ2) is 6.70. The minimum absolute atomic E-state index is 0.0763. The number of carbonyl (C=O) groups excluding carboxylic acids is 1. The average Bonchev–Trinajstić information content (AvgIpc) is 2.27. The predicted molar refractivity (Wildman–Crippen MR) is 66.2 cm³/mol. The Balaban J connectivity index is 2.11. The lowest BCUT2D eigenvalue weighted by molar-refractivity contribution is -0.137. The zero-order valence-electron chi connectivity index (χ0n) is 10.8. The molecule has 0 radical (unpaired) electrons. The number of hydrogen-bond donors (Lipinski definition) is 3. The van der Waals surface area contributed by atoms with Gasteiger partial charge >= 0.3 is 5.97 Å². The summed E-state index contributed by atoms with van der Waals surface area (Å²) >= 11 is 0. The topological polar surface area (TPSA) is 89.9 Å². The summed E-state index contributed by atoms with van der Waals surface area (Å²) < 4.78 is 0. The lowest BCUT2D eigenvalue weighted by Crippen LogP contribution is -2.46. The molecule has 1 saturated heterocycles. The molecule has 0 bridgehead atoms. The first-order valence-corrected chi connectivity index (χ1v) is 6.32. The van der Waals surface area contributed by atoms with E-state index in [4.69, 9.17) is 5.11 Å². The van der Waals surface area contributed by atoms with Crippen LogP contribution in [0.1, 0.15) is 32.6 Å². The molecule has 0 saturated carbocycles. The first-order valence-electron chi connectivity index (χ1n) is 6.32. The fourth-order valence-corrected chi connectivity index (χ4v) is 1.92. The zero-order chi connectivity index (χ0) is 13.6. The molecule has 6 nitrogen and oxygen atoms in total. The summed E-state index contributed by atoms with van der Waals surface area (Å²) in [4.78, 5) is 23.8. The maximum absolute atomic E-state index is 11.6. The molecule has 3 N–H and O–H groups in total. The number of carboxylic acid groups (broad SMARTS) is 1. The Bertz CT molecular complexity index is 294. The zero-order valence-corrected chi connectivity index (χ0v) is 10.8. The summed E-state index contributed by atoms with van der Waals surface area (Å²) in [6, 6.07) is 0. The molecule has 0 aromatic heterocycles. The molecule has 18 heavy (non-hydrogen) atoms. The highest BCUT2D eigenvalue weighted by atomic mass is 16.4. The minimum atomic E-state index is -0.845. The molecule has 1 aliphatic rings. The highest BCUT2D eigenvalue weighted by Crippen LogP contribution is 2.20. The maximum Gasteiger partial charge on any atom is 0.303 e. The minimum Gasteiger partial charge on any atom is -0.481 e. The average molecular weight is 258 g/mol. The standard InChI is InChI=1S/C12H22N2O4/c1-12(18)4-7-14(8-5-12)9-10(15)13-6-2-3-11(16)17/h18H,2-9H2,1H3,(H,13,15)(H,16,17). The van der Waals surface area contributed by atoms with Crippen molar-refractivity contribution in [3.8, 4) is 0 Å². The summed E-state index contributed by atoms with van der Waals surface area (Å²) in [7, 11) is 0. The summed E-state index contributed by atoms with van der Waals surface area (Å²) in [5, 5.41) is 20.9. The van der Waals surface area contributed by atoms with E-state index in [1.807, 2.05) is 11.8 Å². The van der Waals surface area contributed by atoms with Crippen molar-refractivity contribution in [3.05, 3.63) is 0 Å². The lowest BCUT2D eigenvalue weighted by Gasteiger charge is -2.35. The Labute approximate surface area is 107 Å². The van der Waals surface area contributed by atoms with Gasteiger partial charge in [-0.1, -0.05) is 0 Å². The number of nitrogens with zero attached hydrogens (tertiary/aromatic N) is 1. The second-order valence-electron chi connectivity index (χ2n) is 5.12. The molecule has 0 aliphatic carbocycles. The third kappa shape index (κ3) is 5.97. The monoisotopic (exact) mass is 258 g/mol. The van der Waals surface area contributed by atoms with Gasteiger partial charge in [0, 0.05) is 26.1 Å². The van der Waals surface area contributed by atoms with Gasteiger partial charge in [-0.15, -0.1) is 0 Å². The molecule has 0 spiro atoms. The van der Waals surface area contributed by atoms with Crippen LogP contribution in [0.3, 0.4) is 0 Å². The van der Waals surface area contributed by atoms with Crippen LogP contribution in [0.4, 0.5) is 0 Å². The van der Waals surface area contributed by atoms with E-state index in [0.29, 0.717) is 32.4 Å². The number of rotatable bonds is 6. The van der Waals surface area contributed by atoms with E-state index in [2.05, 4.69) is 5.32 Å². The van der Waals surface area contributed by atoms with Gasteiger partial charge in [0.25, 0.3) is 0 Å². The molecule has 1 rings (SSSR count). The van der Waals surface area contributed by atoms with Crippen molar-refractivity contribution in [3.63, 3.8) is 0 Å². The highest BCUT2D eigenvalue weighted by molar-refractivity contribution is 5.78. The number of hydrogen-bond acceptors (Lipinski definition) is 4. The van der Waals surface area contributed by atoms with Gasteiger partial charge in [0.1, 0.15) is 0 Å². The number of amides is 1. The Kier molecular flexibility index (Phi) is 5.55. The summed E-state index contributed by atoms with van der Waals surface area (Å²) in [6.45, 7) is 3.97. The predicted octanol–water partition coefficient (Wildman–Crippen LogP) is -0.186. The van der Waals surface area contributed by atoms with Gasteiger partial charge in [0.2, 0.25) is 5.91 Å². The van der Waals surface area contributed by atoms with Gasteiger partial charge in [-0.2, -0.15) is 0 Å². The van der Waals surface area contributed by atoms with Crippen LogP contribution in [-0.2, 0) is 9.59 Å². The van der Waals surface area contributed by atoms with Crippen molar-refractivity contribution in [2.24, 2.45) is 0 Å². The molecular formula is C12H22N2O4. The van der Waals surface area contributed by atoms with Crippen LogP contribution >= 0.6 is 0 Å². The molecule has 1 heterocycles. The first-order chi connectivity index (χ1) is 8.39. The smallest absolute Gasteiger partial charge is 0.303 e. The Hall–Kier alpha value is -1.14. The van der Waals surface area contributed by atoms with Gasteiger partial charge in [-0.05, 0) is 26.2 Å². The Morgan fingerprint density at radius 2 is 1.94 bits per heavy atom. The quantitative estimate of drug-likeness (QED) is 0.575. The van der Waals surface area contributed by atoms with Crippen molar-refractivity contribution < 1.29 is 19.8 Å². The number of aliphatic carboxylic acids is 1. The van der Waals surface area contributed by atoms with Crippen molar-refractivity contribution in [2.75, 3.05) is 26.2 Å². The number of aliphatic hydroxyl groups is 1. The molecule has 0 aromatic rings. The summed E-state index contributed by atoms with van der Waals surface area (Å²) in [6.07, 6.45) is 1.89. The van der Waals surface area contributed by atoms with Crippen LogP contribution in [-0.4, -0.2) is 58.8 Å². The van der Waals surface area contributed by atoms with E-state index >= 15 is 0 Å². The fourth-order valence-electron chi connectivity index (χ4n) is 1.92. The third-order valence-corrected chi connectivity index (χ3v) is 3.19. The number of carbonyl (C=O) groups is 2. The van der Waals surface area contributed by atoms with Gasteiger partial charge in [-0.25, -0.2) is 0 Å². The SMILES string of the molecule is CC1(O)CCN(CC(=O)NCCCC(=O)O)CC1. The van der Waals surface area contributed by atoms with Crippen LogP contribution in [0.5, 0.6) is 0 Å². The second-order valence-corrected chi connectivity index (χ2v) is 5.12. The molecule has 0 atom stereocenters. The van der Waals surface area contributed by atoms with Gasteiger partial charge in [0.15, 0.2) is 0 Å². The van der Waals surface area contributed by atoms with Crippen LogP contribution < -0.4 is 5.32 Å². The highest BCUT2D eigenvalue weighted by Gasteiger charge is 2.27. The molecule has 1 fully saturated rings. The van der Waals surface area contributed by atoms with Crippen molar-refractivity contribution in [1.29, 1.82) is 0 Å². The van der Waals surface area contributed by atoms with Gasteiger partial charge < -0.3 is 15.5 Å². The number of likely N-dealkylation sites (tertiary alicyclic amines) is 1. The van der Waals surface area contributed by atoms with Gasteiger partial charge in [-0.3, -0.25) is 14.5 Å². The molecular weight excluding hydrogens is 236 g/mol. The van der Waals surface area contributed by atoms with Crippen LogP contribution in [0.15, 0.2) is 0 Å². The number of nitrogens with one attached hydrogen (secondary N) is 1. The van der Waals surface area contributed by atoms with E-state index in [1.165, 1.54) is 0 Å². The molecule has 0 unspecified atom stereocenters. The normalized spacial score (nSPS) is 19.4. The van der Waals surface area contributed by atoms with Crippen LogP contribution in [0.25, 0.3) is 0 Å². The fraction of sp³-hybridized carbons (Fsp3) is 0.833. The summed E-state index contributed by atoms with van der Waals surface area (Å²) in [5.74, 6) is -0.926.